The highest BCUT2D eigenvalue weighted by Gasteiger charge is 2.30. The van der Waals surface area contributed by atoms with Crippen molar-refractivity contribution >= 4 is 55.1 Å². The van der Waals surface area contributed by atoms with Crippen LogP contribution in [-0.2, 0) is 0 Å². The summed E-state index contributed by atoms with van der Waals surface area (Å²) in [6, 6.07) is 13.9. The quantitative estimate of drug-likeness (QED) is 0.749. The fourth-order valence-corrected chi connectivity index (χ4v) is 3.78. The third kappa shape index (κ3) is 2.96. The zero-order valence-electron chi connectivity index (χ0n) is 10.9. The van der Waals surface area contributed by atoms with Gasteiger partial charge < -0.3 is 10.6 Å². The Morgan fingerprint density at radius 1 is 1.19 bits per heavy atom. The first-order valence-corrected chi connectivity index (χ1v) is 8.32. The van der Waals surface area contributed by atoms with Crippen molar-refractivity contribution in [2.45, 2.75) is 6.04 Å². The van der Waals surface area contributed by atoms with E-state index in [1.54, 1.807) is 0 Å². The summed E-state index contributed by atoms with van der Waals surface area (Å²) in [6.07, 6.45) is 0. The van der Waals surface area contributed by atoms with Crippen molar-refractivity contribution < 1.29 is 0 Å². The SMILES string of the molecule is NC1=NCC(c2ccc(Cl)cc2Br)N1c1cccc(Br)c1. The Balaban J connectivity index is 2.03. The van der Waals surface area contributed by atoms with E-state index in [0.29, 0.717) is 17.5 Å². The molecule has 1 heterocycles. The fourth-order valence-electron chi connectivity index (χ4n) is 2.44. The summed E-state index contributed by atoms with van der Waals surface area (Å²) >= 11 is 13.1. The fraction of sp³-hybridized carbons (Fsp3) is 0.133. The van der Waals surface area contributed by atoms with Gasteiger partial charge in [0, 0.05) is 19.7 Å². The number of halogens is 3. The monoisotopic (exact) mass is 427 g/mol. The molecule has 1 unspecified atom stereocenters. The zero-order valence-corrected chi connectivity index (χ0v) is 14.9. The van der Waals surface area contributed by atoms with E-state index in [9.17, 15) is 0 Å². The number of hydrogen-bond donors (Lipinski definition) is 1. The van der Waals surface area contributed by atoms with Gasteiger partial charge >= 0.3 is 0 Å². The summed E-state index contributed by atoms with van der Waals surface area (Å²) in [5.74, 6) is 0.528. The average Bonchev–Trinajstić information content (AvgIpc) is 2.80. The Bertz CT molecular complexity index is 718. The van der Waals surface area contributed by atoms with Crippen LogP contribution < -0.4 is 10.6 Å². The highest BCUT2D eigenvalue weighted by molar-refractivity contribution is 9.10. The molecule has 3 rings (SSSR count). The van der Waals surface area contributed by atoms with E-state index in [1.165, 1.54) is 0 Å². The number of anilines is 1. The molecule has 0 saturated carbocycles. The molecule has 0 amide bonds. The molecule has 21 heavy (non-hydrogen) atoms. The molecule has 108 valence electrons. The maximum absolute atomic E-state index is 6.09. The Kier molecular flexibility index (Phi) is 4.24. The van der Waals surface area contributed by atoms with Crippen LogP contribution in [0.2, 0.25) is 5.02 Å². The first-order chi connectivity index (χ1) is 10.1. The van der Waals surface area contributed by atoms with Gasteiger partial charge in [-0.25, -0.2) is 0 Å². The lowest BCUT2D eigenvalue weighted by Gasteiger charge is -2.27. The van der Waals surface area contributed by atoms with Crippen LogP contribution in [0, 0.1) is 0 Å². The third-order valence-corrected chi connectivity index (χ3v) is 4.81. The standard InChI is InChI=1S/C15H12Br2ClN3/c16-9-2-1-3-11(6-9)21-14(8-20-15(21)19)12-5-4-10(18)7-13(12)17/h1-7,14H,8H2,(H2,19,20). The van der Waals surface area contributed by atoms with E-state index in [-0.39, 0.29) is 6.04 Å². The maximum Gasteiger partial charge on any atom is 0.196 e. The van der Waals surface area contributed by atoms with Crippen LogP contribution in [0.1, 0.15) is 11.6 Å². The van der Waals surface area contributed by atoms with Gasteiger partial charge in [0.2, 0.25) is 0 Å². The number of aliphatic imine (C=N–C) groups is 1. The van der Waals surface area contributed by atoms with E-state index in [2.05, 4.69) is 36.9 Å². The molecule has 0 aromatic heterocycles. The topological polar surface area (TPSA) is 41.6 Å². The van der Waals surface area contributed by atoms with Crippen molar-refractivity contribution in [3.05, 3.63) is 62.0 Å². The molecule has 2 N–H and O–H groups in total. The molecule has 0 saturated heterocycles. The van der Waals surface area contributed by atoms with E-state index in [1.807, 2.05) is 47.4 Å². The van der Waals surface area contributed by atoms with Crippen molar-refractivity contribution in [1.82, 2.24) is 0 Å². The molecule has 2 aromatic rings. The lowest BCUT2D eigenvalue weighted by atomic mass is 10.1. The van der Waals surface area contributed by atoms with Crippen molar-refractivity contribution in [3.63, 3.8) is 0 Å². The largest absolute Gasteiger partial charge is 0.369 e. The molecule has 1 aliphatic rings. The first-order valence-electron chi connectivity index (χ1n) is 6.36. The number of guanidine groups is 1. The zero-order chi connectivity index (χ0) is 15.0. The maximum atomic E-state index is 6.09. The number of rotatable bonds is 2. The summed E-state index contributed by atoms with van der Waals surface area (Å²) in [4.78, 5) is 6.44. The van der Waals surface area contributed by atoms with Crippen molar-refractivity contribution in [3.8, 4) is 0 Å². The Morgan fingerprint density at radius 2 is 2.00 bits per heavy atom. The third-order valence-electron chi connectivity index (χ3n) is 3.39. The van der Waals surface area contributed by atoms with Gasteiger partial charge in [-0.2, -0.15) is 0 Å². The number of nitrogens with zero attached hydrogens (tertiary/aromatic N) is 2. The summed E-state index contributed by atoms with van der Waals surface area (Å²) < 4.78 is 1.97. The van der Waals surface area contributed by atoms with Gasteiger partial charge in [-0.1, -0.05) is 55.6 Å². The van der Waals surface area contributed by atoms with Gasteiger partial charge in [-0.15, -0.1) is 0 Å². The van der Waals surface area contributed by atoms with Gasteiger partial charge in [0.05, 0.1) is 12.6 Å². The van der Waals surface area contributed by atoms with E-state index < -0.39 is 0 Å². The molecule has 1 atom stereocenters. The Labute approximate surface area is 145 Å². The van der Waals surface area contributed by atoms with Gasteiger partial charge in [0.25, 0.3) is 0 Å². The van der Waals surface area contributed by atoms with Crippen LogP contribution in [0.15, 0.2) is 56.4 Å². The highest BCUT2D eigenvalue weighted by atomic mass is 79.9. The Morgan fingerprint density at radius 3 is 2.71 bits per heavy atom. The predicted molar refractivity (Wildman–Crippen MR) is 95.0 cm³/mol. The lowest BCUT2D eigenvalue weighted by molar-refractivity contribution is 0.765. The van der Waals surface area contributed by atoms with Crippen LogP contribution in [0.3, 0.4) is 0 Å². The van der Waals surface area contributed by atoms with E-state index >= 15 is 0 Å². The molecular formula is C15H12Br2ClN3. The minimum atomic E-state index is 0.0611. The van der Waals surface area contributed by atoms with E-state index in [0.717, 1.165) is 20.2 Å². The second-order valence-corrected chi connectivity index (χ2v) is 6.94. The molecule has 0 fully saturated rings. The summed E-state index contributed by atoms with van der Waals surface area (Å²) in [5, 5.41) is 0.700. The molecule has 0 radical (unpaired) electrons. The Hall–Kier alpha value is -1.04. The van der Waals surface area contributed by atoms with Gasteiger partial charge in [-0.05, 0) is 35.9 Å². The predicted octanol–water partition coefficient (Wildman–Crippen LogP) is 4.74. The van der Waals surface area contributed by atoms with Gasteiger partial charge in [-0.3, -0.25) is 4.99 Å². The number of nitrogens with two attached hydrogens (primary N) is 1. The smallest absolute Gasteiger partial charge is 0.196 e. The van der Waals surface area contributed by atoms with Gasteiger partial charge in [0.1, 0.15) is 0 Å². The molecule has 2 aromatic carbocycles. The summed E-state index contributed by atoms with van der Waals surface area (Å²) in [6.45, 7) is 0.624. The second-order valence-electron chi connectivity index (χ2n) is 4.73. The van der Waals surface area contributed by atoms with Crippen molar-refractivity contribution in [2.75, 3.05) is 11.4 Å². The molecular weight excluding hydrogens is 417 g/mol. The van der Waals surface area contributed by atoms with Crippen LogP contribution in [0.25, 0.3) is 0 Å². The number of benzene rings is 2. The molecule has 0 aliphatic carbocycles. The van der Waals surface area contributed by atoms with Crippen LogP contribution in [-0.4, -0.2) is 12.5 Å². The van der Waals surface area contributed by atoms with Crippen molar-refractivity contribution in [2.24, 2.45) is 10.7 Å². The van der Waals surface area contributed by atoms with Crippen LogP contribution in [0.4, 0.5) is 5.69 Å². The lowest BCUT2D eigenvalue weighted by Crippen LogP contribution is -2.36. The molecule has 1 aliphatic heterocycles. The molecule has 0 bridgehead atoms. The second kappa shape index (κ2) is 5.99. The summed E-state index contributed by atoms with van der Waals surface area (Å²) in [5.41, 5.74) is 8.21. The van der Waals surface area contributed by atoms with Crippen molar-refractivity contribution in [1.29, 1.82) is 0 Å². The minimum Gasteiger partial charge on any atom is -0.369 e. The molecule has 3 nitrogen and oxygen atoms in total. The molecule has 6 heteroatoms. The summed E-state index contributed by atoms with van der Waals surface area (Å²) in [7, 11) is 0. The average molecular weight is 430 g/mol. The minimum absolute atomic E-state index is 0.0611. The first kappa shape index (κ1) is 14.9. The highest BCUT2D eigenvalue weighted by Crippen LogP contribution is 2.36. The normalized spacial score (nSPS) is 18.0. The van der Waals surface area contributed by atoms with Crippen LogP contribution in [0.5, 0.6) is 0 Å². The number of hydrogen-bond acceptors (Lipinski definition) is 3. The van der Waals surface area contributed by atoms with Crippen LogP contribution >= 0.6 is 43.5 Å². The molecule has 0 spiro atoms. The van der Waals surface area contributed by atoms with E-state index in [4.69, 9.17) is 17.3 Å². The van der Waals surface area contributed by atoms with Gasteiger partial charge in [0.15, 0.2) is 5.96 Å².